The molecular weight excluding hydrogens is 250 g/mol. The average Bonchev–Trinajstić information content (AvgIpc) is 2.71. The molecule has 0 bridgehead atoms. The molecule has 0 aliphatic rings. The summed E-state index contributed by atoms with van der Waals surface area (Å²) >= 11 is 0. The maximum Gasteiger partial charge on any atom is 0.323 e. The molecule has 7 heteroatoms. The third kappa shape index (κ3) is 2.54. The summed E-state index contributed by atoms with van der Waals surface area (Å²) in [6.45, 7) is 0. The van der Waals surface area contributed by atoms with E-state index in [-0.39, 0.29) is 17.3 Å². The number of amides is 1. The Morgan fingerprint density at radius 2 is 2.11 bits per heavy atom. The third-order valence-corrected chi connectivity index (χ3v) is 2.62. The summed E-state index contributed by atoms with van der Waals surface area (Å²) in [4.78, 5) is 22.1. The Morgan fingerprint density at radius 3 is 2.68 bits per heavy atom. The van der Waals surface area contributed by atoms with Gasteiger partial charge in [0, 0.05) is 17.8 Å². The van der Waals surface area contributed by atoms with Gasteiger partial charge in [-0.3, -0.25) is 4.79 Å². The van der Waals surface area contributed by atoms with Gasteiger partial charge in [0.2, 0.25) is 0 Å². The van der Waals surface area contributed by atoms with Gasteiger partial charge < -0.3 is 20.5 Å². The van der Waals surface area contributed by atoms with Gasteiger partial charge in [0.1, 0.15) is 5.75 Å². The Morgan fingerprint density at radius 1 is 1.37 bits per heavy atom. The third-order valence-electron chi connectivity index (χ3n) is 2.62. The van der Waals surface area contributed by atoms with Gasteiger partial charge in [-0.05, 0) is 23.1 Å². The monoisotopic (exact) mass is 261 g/mol. The molecule has 0 aliphatic carbocycles. The van der Waals surface area contributed by atoms with Crippen molar-refractivity contribution in [2.45, 2.75) is 0 Å². The van der Waals surface area contributed by atoms with Crippen LogP contribution in [0.2, 0.25) is 0 Å². The first kappa shape index (κ1) is 12.6. The SMILES string of the molecule is Cn1c(C(=O)Nc2cccc(O)c2)ccc1[N+](=O)[O-]. The van der Waals surface area contributed by atoms with Gasteiger partial charge in [-0.1, -0.05) is 6.07 Å². The molecule has 0 spiro atoms. The number of hydrogen-bond donors (Lipinski definition) is 2. The van der Waals surface area contributed by atoms with E-state index in [1.165, 1.54) is 35.9 Å². The molecule has 19 heavy (non-hydrogen) atoms. The topological polar surface area (TPSA) is 97.4 Å². The van der Waals surface area contributed by atoms with Crippen LogP contribution >= 0.6 is 0 Å². The molecule has 1 aromatic heterocycles. The number of nitrogens with zero attached hydrogens (tertiary/aromatic N) is 2. The van der Waals surface area contributed by atoms with E-state index >= 15 is 0 Å². The van der Waals surface area contributed by atoms with Crippen molar-refractivity contribution in [3.63, 3.8) is 0 Å². The van der Waals surface area contributed by atoms with Gasteiger partial charge in [-0.2, -0.15) is 0 Å². The number of carbonyl (C=O) groups is 1. The first-order valence-corrected chi connectivity index (χ1v) is 5.39. The van der Waals surface area contributed by atoms with Crippen LogP contribution in [-0.4, -0.2) is 20.5 Å². The number of nitro groups is 1. The number of carbonyl (C=O) groups excluding carboxylic acids is 1. The van der Waals surface area contributed by atoms with Crippen LogP contribution in [0.4, 0.5) is 11.5 Å². The molecule has 1 heterocycles. The van der Waals surface area contributed by atoms with Gasteiger partial charge in [0.15, 0.2) is 5.69 Å². The van der Waals surface area contributed by atoms with Crippen LogP contribution in [0.25, 0.3) is 0 Å². The van der Waals surface area contributed by atoms with E-state index in [9.17, 15) is 20.0 Å². The van der Waals surface area contributed by atoms with Crippen molar-refractivity contribution in [1.82, 2.24) is 4.57 Å². The number of phenolic OH excluding ortho intramolecular Hbond substituents is 1. The summed E-state index contributed by atoms with van der Waals surface area (Å²) in [6.07, 6.45) is 0. The predicted molar refractivity (Wildman–Crippen MR) is 68.1 cm³/mol. The van der Waals surface area contributed by atoms with Crippen molar-refractivity contribution >= 4 is 17.4 Å². The Hall–Kier alpha value is -2.83. The summed E-state index contributed by atoms with van der Waals surface area (Å²) in [6, 6.07) is 8.68. The van der Waals surface area contributed by atoms with Crippen molar-refractivity contribution in [3.8, 4) is 5.75 Å². The molecule has 2 aromatic rings. The van der Waals surface area contributed by atoms with Crippen LogP contribution in [-0.2, 0) is 7.05 Å². The number of benzene rings is 1. The van der Waals surface area contributed by atoms with Crippen LogP contribution in [0.5, 0.6) is 5.75 Å². The average molecular weight is 261 g/mol. The minimum atomic E-state index is -0.564. The van der Waals surface area contributed by atoms with E-state index in [0.29, 0.717) is 5.69 Å². The molecule has 1 amide bonds. The minimum absolute atomic E-state index is 0.0238. The normalized spacial score (nSPS) is 10.2. The molecule has 0 aliphatic heterocycles. The highest BCUT2D eigenvalue weighted by atomic mass is 16.6. The van der Waals surface area contributed by atoms with Crippen molar-refractivity contribution in [3.05, 3.63) is 52.2 Å². The van der Waals surface area contributed by atoms with Crippen molar-refractivity contribution in [1.29, 1.82) is 0 Å². The smallest absolute Gasteiger partial charge is 0.323 e. The van der Waals surface area contributed by atoms with E-state index in [4.69, 9.17) is 0 Å². The fourth-order valence-electron chi connectivity index (χ4n) is 1.69. The van der Waals surface area contributed by atoms with E-state index in [1.54, 1.807) is 12.1 Å². The van der Waals surface area contributed by atoms with Gasteiger partial charge in [0.05, 0.1) is 7.05 Å². The number of phenols is 1. The second-order valence-corrected chi connectivity index (χ2v) is 3.90. The van der Waals surface area contributed by atoms with Gasteiger partial charge in [0.25, 0.3) is 5.91 Å². The zero-order valence-electron chi connectivity index (χ0n) is 10.0. The molecule has 98 valence electrons. The Kier molecular flexibility index (Phi) is 3.19. The maximum absolute atomic E-state index is 11.9. The molecule has 0 saturated heterocycles. The molecule has 7 nitrogen and oxygen atoms in total. The quantitative estimate of drug-likeness (QED) is 0.651. The van der Waals surface area contributed by atoms with Crippen molar-refractivity contribution in [2.75, 3.05) is 5.32 Å². The van der Waals surface area contributed by atoms with Crippen molar-refractivity contribution < 1.29 is 14.8 Å². The van der Waals surface area contributed by atoms with Crippen LogP contribution in [0, 0.1) is 10.1 Å². The van der Waals surface area contributed by atoms with E-state index in [0.717, 1.165) is 0 Å². The number of nitrogens with one attached hydrogen (secondary N) is 1. The first-order valence-electron chi connectivity index (χ1n) is 5.39. The Bertz CT molecular complexity index is 648. The second-order valence-electron chi connectivity index (χ2n) is 3.90. The summed E-state index contributed by atoms with van der Waals surface area (Å²) < 4.78 is 1.19. The van der Waals surface area contributed by atoms with Crippen LogP contribution in [0.15, 0.2) is 36.4 Å². The standard InChI is InChI=1S/C12H11N3O4/c1-14-10(5-6-11(14)15(18)19)12(17)13-8-3-2-4-9(16)7-8/h2-7,16H,1H3,(H,13,17). The van der Waals surface area contributed by atoms with E-state index < -0.39 is 10.8 Å². The summed E-state index contributed by atoms with van der Waals surface area (Å²) in [5.41, 5.74) is 0.573. The van der Waals surface area contributed by atoms with Crippen LogP contribution in [0.1, 0.15) is 10.5 Å². The second kappa shape index (κ2) is 4.81. The molecule has 0 atom stereocenters. The number of hydrogen-bond acceptors (Lipinski definition) is 4. The highest BCUT2D eigenvalue weighted by molar-refractivity contribution is 6.03. The van der Waals surface area contributed by atoms with E-state index in [2.05, 4.69) is 5.32 Å². The number of rotatable bonds is 3. The lowest BCUT2D eigenvalue weighted by Crippen LogP contribution is -2.16. The zero-order valence-corrected chi connectivity index (χ0v) is 10.0. The van der Waals surface area contributed by atoms with Crippen molar-refractivity contribution in [2.24, 2.45) is 7.05 Å². The molecule has 1 aromatic carbocycles. The van der Waals surface area contributed by atoms with Gasteiger partial charge >= 0.3 is 5.82 Å². The zero-order chi connectivity index (χ0) is 14.0. The van der Waals surface area contributed by atoms with Gasteiger partial charge in [-0.25, -0.2) is 4.57 Å². The lowest BCUT2D eigenvalue weighted by Gasteiger charge is -2.04. The molecule has 0 fully saturated rings. The Balaban J connectivity index is 2.23. The first-order chi connectivity index (χ1) is 8.99. The maximum atomic E-state index is 11.9. The highest BCUT2D eigenvalue weighted by Crippen LogP contribution is 2.19. The summed E-state index contributed by atoms with van der Waals surface area (Å²) in [7, 11) is 1.44. The summed E-state index contributed by atoms with van der Waals surface area (Å²) in [5, 5.41) is 22.5. The van der Waals surface area contributed by atoms with Gasteiger partial charge in [-0.15, -0.1) is 0 Å². The number of anilines is 1. The minimum Gasteiger partial charge on any atom is -0.508 e. The largest absolute Gasteiger partial charge is 0.508 e. The summed E-state index contributed by atoms with van der Waals surface area (Å²) in [5.74, 6) is -0.627. The molecule has 2 N–H and O–H groups in total. The molecule has 0 saturated carbocycles. The molecule has 2 rings (SSSR count). The fourth-order valence-corrected chi connectivity index (χ4v) is 1.69. The molecule has 0 unspecified atom stereocenters. The lowest BCUT2D eigenvalue weighted by molar-refractivity contribution is -0.391. The lowest BCUT2D eigenvalue weighted by atomic mass is 10.3. The fraction of sp³-hybridized carbons (Fsp3) is 0.0833. The highest BCUT2D eigenvalue weighted by Gasteiger charge is 2.20. The predicted octanol–water partition coefficient (Wildman–Crippen LogP) is 1.89. The Labute approximate surface area is 108 Å². The number of aromatic hydroxyl groups is 1. The molecule has 0 radical (unpaired) electrons. The van der Waals surface area contributed by atoms with Crippen LogP contribution in [0.3, 0.4) is 0 Å². The number of aromatic nitrogens is 1. The molecular formula is C12H11N3O4. The van der Waals surface area contributed by atoms with Crippen LogP contribution < -0.4 is 5.32 Å². The van der Waals surface area contributed by atoms with E-state index in [1.807, 2.05) is 0 Å².